The third-order valence-electron chi connectivity index (χ3n) is 2.42. The lowest BCUT2D eigenvalue weighted by molar-refractivity contribution is 1.24. The van der Waals surface area contributed by atoms with Crippen LogP contribution in [0.2, 0.25) is 0 Å². The highest BCUT2D eigenvalue weighted by atomic mass is 14.9. The van der Waals surface area contributed by atoms with Crippen molar-refractivity contribution in [2.75, 3.05) is 0 Å². The second-order valence-electron chi connectivity index (χ2n) is 3.98. The molecule has 0 spiro atoms. The normalized spacial score (nSPS) is 14.1. The molecule has 0 unspecified atom stereocenters. The summed E-state index contributed by atoms with van der Waals surface area (Å²) in [4.78, 5) is 13.2. The molecule has 0 N–H and O–H groups in total. The fourth-order valence-corrected chi connectivity index (χ4v) is 1.49. The maximum Gasteiger partial charge on any atom is 0.0894 e. The predicted octanol–water partition coefficient (Wildman–Crippen LogP) is 5.17. The maximum atomic E-state index is 4.59. The summed E-state index contributed by atoms with van der Waals surface area (Å²) in [6.07, 6.45) is 16.6. The molecule has 0 aromatic carbocycles. The van der Waals surface area contributed by atoms with E-state index in [1.165, 1.54) is 0 Å². The van der Waals surface area contributed by atoms with Crippen LogP contribution in [0.25, 0.3) is 0 Å². The summed E-state index contributed by atoms with van der Waals surface area (Å²) >= 11 is 0. The second kappa shape index (κ2) is 12.7. The van der Waals surface area contributed by atoms with E-state index in [4.69, 9.17) is 0 Å². The molecule has 0 amide bonds. The van der Waals surface area contributed by atoms with Crippen molar-refractivity contribution in [2.24, 2.45) is 15.0 Å². The number of hydrogen-bond acceptors (Lipinski definition) is 3. The van der Waals surface area contributed by atoms with Gasteiger partial charge in [-0.25, -0.2) is 4.99 Å². The standard InChI is InChI=1S/C20H23N3/c1-7-13-19(22-16-10-4)20(14-8-2)23-18(12-6)17(11-5)21-15-9-3/h7-16H,1-4,6H2,5H3/b17-11-,19-13-,20-14-,21-15?,22-16?,23-18+. The van der Waals surface area contributed by atoms with Gasteiger partial charge >= 0.3 is 0 Å². The molecule has 23 heavy (non-hydrogen) atoms. The Balaban J connectivity index is 6.07. The number of allylic oxidation sites excluding steroid dienone is 8. The zero-order valence-corrected chi connectivity index (χ0v) is 13.7. The third-order valence-corrected chi connectivity index (χ3v) is 2.42. The lowest BCUT2D eigenvalue weighted by Gasteiger charge is -2.06. The Kier molecular flexibility index (Phi) is 11.0. The highest BCUT2D eigenvalue weighted by molar-refractivity contribution is 6.09. The summed E-state index contributed by atoms with van der Waals surface area (Å²) < 4.78 is 0. The van der Waals surface area contributed by atoms with Crippen molar-refractivity contribution in [1.82, 2.24) is 0 Å². The number of nitrogens with zero attached hydrogens (tertiary/aromatic N) is 3. The molecule has 0 aliphatic carbocycles. The Labute approximate surface area is 139 Å². The van der Waals surface area contributed by atoms with Gasteiger partial charge < -0.3 is 0 Å². The topological polar surface area (TPSA) is 37.1 Å². The number of rotatable bonds is 10. The molecule has 0 atom stereocenters. The summed E-state index contributed by atoms with van der Waals surface area (Å²) in [7, 11) is 0. The molecule has 0 saturated heterocycles. The van der Waals surface area contributed by atoms with Gasteiger partial charge in [-0.3, -0.25) is 9.98 Å². The molecule has 0 aromatic rings. The largest absolute Gasteiger partial charge is 0.255 e. The highest BCUT2D eigenvalue weighted by Crippen LogP contribution is 2.16. The van der Waals surface area contributed by atoms with E-state index >= 15 is 0 Å². The van der Waals surface area contributed by atoms with E-state index in [1.807, 2.05) is 13.0 Å². The van der Waals surface area contributed by atoms with Crippen LogP contribution in [0.15, 0.2) is 114 Å². The van der Waals surface area contributed by atoms with Crippen molar-refractivity contribution >= 4 is 18.1 Å². The Morgan fingerprint density at radius 2 is 1.22 bits per heavy atom. The van der Waals surface area contributed by atoms with Gasteiger partial charge in [-0.1, -0.05) is 63.3 Å². The molecule has 3 heteroatoms. The van der Waals surface area contributed by atoms with Crippen LogP contribution in [-0.4, -0.2) is 18.1 Å². The Hall–Kier alpha value is -3.07. The minimum Gasteiger partial charge on any atom is -0.255 e. The maximum absolute atomic E-state index is 4.59. The van der Waals surface area contributed by atoms with Crippen LogP contribution in [-0.2, 0) is 0 Å². The van der Waals surface area contributed by atoms with Crippen LogP contribution >= 0.6 is 0 Å². The predicted molar refractivity (Wildman–Crippen MR) is 105 cm³/mol. The van der Waals surface area contributed by atoms with Gasteiger partial charge in [0, 0.05) is 12.4 Å². The van der Waals surface area contributed by atoms with Crippen molar-refractivity contribution < 1.29 is 0 Å². The third kappa shape index (κ3) is 7.48. The van der Waals surface area contributed by atoms with Gasteiger partial charge in [-0.05, 0) is 25.2 Å². The Morgan fingerprint density at radius 1 is 0.696 bits per heavy atom. The van der Waals surface area contributed by atoms with E-state index in [0.29, 0.717) is 22.8 Å². The minimum absolute atomic E-state index is 0.612. The van der Waals surface area contributed by atoms with Gasteiger partial charge in [0.15, 0.2) is 0 Å². The quantitative estimate of drug-likeness (QED) is 0.394. The van der Waals surface area contributed by atoms with Crippen LogP contribution in [0, 0.1) is 0 Å². The molecular formula is C20H23N3. The molecule has 0 bridgehead atoms. The first-order valence-electron chi connectivity index (χ1n) is 7.02. The molecule has 3 nitrogen and oxygen atoms in total. The Morgan fingerprint density at radius 3 is 1.65 bits per heavy atom. The van der Waals surface area contributed by atoms with Gasteiger partial charge in [0.25, 0.3) is 0 Å². The smallest absolute Gasteiger partial charge is 0.0894 e. The minimum atomic E-state index is 0.612. The lowest BCUT2D eigenvalue weighted by Crippen LogP contribution is -1.99. The summed E-state index contributed by atoms with van der Waals surface area (Å²) in [5.41, 5.74) is 2.53. The van der Waals surface area contributed by atoms with Gasteiger partial charge in [0.2, 0.25) is 0 Å². The van der Waals surface area contributed by atoms with Crippen molar-refractivity contribution in [1.29, 1.82) is 0 Å². The molecule has 0 rings (SSSR count). The SMILES string of the molecule is C=CC=NC(=C\C=C)/C(=C/C=C)/N=C(C=C)/C(=C/C)N=CC=C. The fourth-order valence-electron chi connectivity index (χ4n) is 1.49. The van der Waals surface area contributed by atoms with E-state index in [1.54, 1.807) is 55.0 Å². The second-order valence-corrected chi connectivity index (χ2v) is 3.98. The van der Waals surface area contributed by atoms with Crippen LogP contribution in [0.5, 0.6) is 0 Å². The zero-order valence-electron chi connectivity index (χ0n) is 13.7. The highest BCUT2D eigenvalue weighted by Gasteiger charge is 2.05. The summed E-state index contributed by atoms with van der Waals surface area (Å²) in [5.74, 6) is 0. The van der Waals surface area contributed by atoms with Crippen molar-refractivity contribution in [2.45, 2.75) is 6.92 Å². The van der Waals surface area contributed by atoms with E-state index in [0.717, 1.165) is 0 Å². The van der Waals surface area contributed by atoms with Crippen molar-refractivity contribution in [3.8, 4) is 0 Å². The lowest BCUT2D eigenvalue weighted by atomic mass is 10.2. The van der Waals surface area contributed by atoms with E-state index in [9.17, 15) is 0 Å². The van der Waals surface area contributed by atoms with Crippen LogP contribution in [0.4, 0.5) is 0 Å². The molecule has 0 heterocycles. The molecule has 0 aliphatic rings. The van der Waals surface area contributed by atoms with Gasteiger partial charge in [-0.2, -0.15) is 0 Å². The van der Waals surface area contributed by atoms with Crippen molar-refractivity contribution in [3.05, 3.63) is 98.6 Å². The van der Waals surface area contributed by atoms with Crippen LogP contribution < -0.4 is 0 Å². The van der Waals surface area contributed by atoms with Gasteiger partial charge in [0.05, 0.1) is 22.8 Å². The zero-order chi connectivity index (χ0) is 17.5. The van der Waals surface area contributed by atoms with Crippen LogP contribution in [0.3, 0.4) is 0 Å². The molecular weight excluding hydrogens is 282 g/mol. The summed E-state index contributed by atoms with van der Waals surface area (Å²) in [6, 6.07) is 0. The Bertz CT molecular complexity index is 636. The van der Waals surface area contributed by atoms with Crippen molar-refractivity contribution in [3.63, 3.8) is 0 Å². The van der Waals surface area contributed by atoms with Gasteiger partial charge in [-0.15, -0.1) is 0 Å². The van der Waals surface area contributed by atoms with E-state index in [2.05, 4.69) is 47.9 Å². The molecule has 118 valence electrons. The monoisotopic (exact) mass is 305 g/mol. The first-order chi connectivity index (χ1) is 11.2. The number of hydrogen-bond donors (Lipinski definition) is 0. The van der Waals surface area contributed by atoms with E-state index < -0.39 is 0 Å². The van der Waals surface area contributed by atoms with Crippen LogP contribution in [0.1, 0.15) is 6.92 Å². The van der Waals surface area contributed by atoms with Gasteiger partial charge in [0.1, 0.15) is 0 Å². The van der Waals surface area contributed by atoms with E-state index in [-0.39, 0.29) is 0 Å². The molecule has 0 fully saturated rings. The molecule has 0 radical (unpaired) electrons. The molecule has 0 aromatic heterocycles. The summed E-state index contributed by atoms with van der Waals surface area (Å²) in [6.45, 7) is 20.3. The molecule has 0 saturated carbocycles. The average Bonchev–Trinajstić information content (AvgIpc) is 2.57. The fraction of sp³-hybridized carbons (Fsp3) is 0.0500. The first-order valence-corrected chi connectivity index (χ1v) is 7.02. The first kappa shape index (κ1) is 19.9. The molecule has 0 aliphatic heterocycles. The average molecular weight is 305 g/mol. The number of aliphatic imine (C=N–C) groups is 3. The summed E-state index contributed by atoms with van der Waals surface area (Å²) in [5, 5.41) is 0.